The summed E-state index contributed by atoms with van der Waals surface area (Å²) in [5.41, 5.74) is 1.51. The molecule has 0 unspecified atom stereocenters. The zero-order valence-corrected chi connectivity index (χ0v) is 12.8. The van der Waals surface area contributed by atoms with Gasteiger partial charge in [0, 0.05) is 10.9 Å². The van der Waals surface area contributed by atoms with E-state index in [1.54, 1.807) is 23.6 Å². The number of carbonyl (C=O) groups excluding carboxylic acids is 1. The van der Waals surface area contributed by atoms with E-state index < -0.39 is 5.97 Å². The van der Waals surface area contributed by atoms with Gasteiger partial charge in [-0.3, -0.25) is 0 Å². The lowest BCUT2D eigenvalue weighted by Gasteiger charge is -2.09. The maximum absolute atomic E-state index is 11.8. The molecular weight excluding hydrogens is 302 g/mol. The van der Waals surface area contributed by atoms with E-state index in [2.05, 4.69) is 14.6 Å². The average molecular weight is 315 g/mol. The van der Waals surface area contributed by atoms with Gasteiger partial charge in [0.05, 0.1) is 6.10 Å². The quantitative estimate of drug-likeness (QED) is 0.640. The SMILES string of the molecule is CC(C)Oc1ccc(C2=N/C(=C/c3csnn3)C(=O)O2)cc1. The highest BCUT2D eigenvalue weighted by molar-refractivity contribution is 7.03. The van der Waals surface area contributed by atoms with Crippen molar-refractivity contribution in [2.24, 2.45) is 4.99 Å². The first-order chi connectivity index (χ1) is 10.6. The van der Waals surface area contributed by atoms with Gasteiger partial charge in [-0.1, -0.05) is 4.49 Å². The van der Waals surface area contributed by atoms with Gasteiger partial charge in [0.25, 0.3) is 0 Å². The summed E-state index contributed by atoms with van der Waals surface area (Å²) in [7, 11) is 0. The lowest BCUT2D eigenvalue weighted by atomic mass is 10.2. The number of hydrogen-bond acceptors (Lipinski definition) is 7. The van der Waals surface area contributed by atoms with Gasteiger partial charge < -0.3 is 9.47 Å². The molecule has 0 N–H and O–H groups in total. The Morgan fingerprint density at radius 1 is 1.27 bits per heavy atom. The van der Waals surface area contributed by atoms with E-state index in [0.29, 0.717) is 11.3 Å². The number of ether oxygens (including phenoxy) is 2. The number of esters is 1. The van der Waals surface area contributed by atoms with Crippen molar-refractivity contribution in [1.29, 1.82) is 0 Å². The van der Waals surface area contributed by atoms with Crippen molar-refractivity contribution < 1.29 is 14.3 Å². The van der Waals surface area contributed by atoms with Crippen LogP contribution in [0.3, 0.4) is 0 Å². The van der Waals surface area contributed by atoms with Crippen molar-refractivity contribution in [2.75, 3.05) is 0 Å². The van der Waals surface area contributed by atoms with Gasteiger partial charge in [-0.15, -0.1) is 5.10 Å². The second-order valence-corrected chi connectivity index (χ2v) is 5.47. The molecule has 0 fully saturated rings. The van der Waals surface area contributed by atoms with E-state index >= 15 is 0 Å². The number of aliphatic imine (C=N–C) groups is 1. The highest BCUT2D eigenvalue weighted by atomic mass is 32.1. The number of aromatic nitrogens is 2. The molecule has 2 heterocycles. The normalized spacial score (nSPS) is 16.0. The fourth-order valence-electron chi connectivity index (χ4n) is 1.86. The Morgan fingerprint density at radius 3 is 2.68 bits per heavy atom. The van der Waals surface area contributed by atoms with E-state index in [-0.39, 0.29) is 17.7 Å². The number of benzene rings is 1. The van der Waals surface area contributed by atoms with Crippen molar-refractivity contribution in [3.8, 4) is 5.75 Å². The Bertz CT molecular complexity index is 734. The maximum atomic E-state index is 11.8. The number of carbonyl (C=O) groups is 1. The molecule has 3 rings (SSSR count). The van der Waals surface area contributed by atoms with Crippen LogP contribution in [0.15, 0.2) is 40.3 Å². The summed E-state index contributed by atoms with van der Waals surface area (Å²) in [5, 5.41) is 5.58. The largest absolute Gasteiger partial charge is 0.491 e. The molecule has 22 heavy (non-hydrogen) atoms. The van der Waals surface area contributed by atoms with Crippen LogP contribution in [0.4, 0.5) is 0 Å². The summed E-state index contributed by atoms with van der Waals surface area (Å²) in [6.07, 6.45) is 1.66. The predicted molar refractivity (Wildman–Crippen MR) is 82.7 cm³/mol. The standard InChI is InChI=1S/C15H13N3O3S/c1-9(2)20-12-5-3-10(4-6-12)14-16-13(15(19)21-14)7-11-8-22-18-17-11/h3-9H,1-2H3/b13-7+. The molecule has 1 aromatic carbocycles. The topological polar surface area (TPSA) is 73.7 Å². The van der Waals surface area contributed by atoms with Crippen LogP contribution in [0.1, 0.15) is 25.1 Å². The Hall–Kier alpha value is -2.54. The molecule has 0 atom stereocenters. The summed E-state index contributed by atoms with van der Waals surface area (Å²) in [6, 6.07) is 7.24. The van der Waals surface area contributed by atoms with E-state index in [0.717, 1.165) is 5.75 Å². The molecule has 0 spiro atoms. The molecule has 6 nitrogen and oxygen atoms in total. The second-order valence-electron chi connectivity index (χ2n) is 4.86. The number of cyclic esters (lactones) is 1. The molecule has 2 aromatic rings. The Morgan fingerprint density at radius 2 is 2.05 bits per heavy atom. The minimum atomic E-state index is -0.495. The summed E-state index contributed by atoms with van der Waals surface area (Å²) in [5.74, 6) is 0.536. The summed E-state index contributed by atoms with van der Waals surface area (Å²) in [6.45, 7) is 3.92. The third-order valence-electron chi connectivity index (χ3n) is 2.76. The van der Waals surface area contributed by atoms with Gasteiger partial charge in [-0.05, 0) is 55.7 Å². The van der Waals surface area contributed by atoms with E-state index in [1.165, 1.54) is 11.5 Å². The van der Waals surface area contributed by atoms with Crippen LogP contribution < -0.4 is 4.74 Å². The molecule has 1 aliphatic rings. The van der Waals surface area contributed by atoms with Crippen molar-refractivity contribution in [2.45, 2.75) is 20.0 Å². The smallest absolute Gasteiger partial charge is 0.363 e. The zero-order chi connectivity index (χ0) is 15.5. The first-order valence-corrected chi connectivity index (χ1v) is 7.52. The first kappa shape index (κ1) is 14.4. The number of rotatable bonds is 4. The molecule has 0 saturated heterocycles. The van der Waals surface area contributed by atoms with Gasteiger partial charge >= 0.3 is 5.97 Å². The highest BCUT2D eigenvalue weighted by Crippen LogP contribution is 2.21. The molecule has 0 radical (unpaired) electrons. The van der Waals surface area contributed by atoms with Gasteiger partial charge in [0.15, 0.2) is 5.70 Å². The van der Waals surface area contributed by atoms with Crippen LogP contribution in [0, 0.1) is 0 Å². The lowest BCUT2D eigenvalue weighted by Crippen LogP contribution is -2.07. The first-order valence-electron chi connectivity index (χ1n) is 6.68. The molecule has 0 aliphatic carbocycles. The van der Waals surface area contributed by atoms with Crippen LogP contribution >= 0.6 is 11.5 Å². The van der Waals surface area contributed by atoms with Gasteiger partial charge in [-0.25, -0.2) is 9.79 Å². The van der Waals surface area contributed by atoms with E-state index in [9.17, 15) is 4.79 Å². The van der Waals surface area contributed by atoms with Crippen LogP contribution in [0.25, 0.3) is 6.08 Å². The maximum Gasteiger partial charge on any atom is 0.363 e. The fourth-order valence-corrected chi connectivity index (χ4v) is 2.27. The van der Waals surface area contributed by atoms with Gasteiger partial charge in [0.2, 0.25) is 5.90 Å². The van der Waals surface area contributed by atoms with Crippen LogP contribution in [0.5, 0.6) is 5.75 Å². The lowest BCUT2D eigenvalue weighted by molar-refractivity contribution is -0.129. The van der Waals surface area contributed by atoms with Crippen LogP contribution in [0.2, 0.25) is 0 Å². The minimum Gasteiger partial charge on any atom is -0.491 e. The molecule has 0 bridgehead atoms. The van der Waals surface area contributed by atoms with Crippen LogP contribution in [-0.2, 0) is 9.53 Å². The average Bonchev–Trinajstić information content (AvgIpc) is 3.10. The predicted octanol–water partition coefficient (Wildman–Crippen LogP) is 2.67. The Labute approximate surface area is 131 Å². The highest BCUT2D eigenvalue weighted by Gasteiger charge is 2.24. The monoisotopic (exact) mass is 315 g/mol. The van der Waals surface area contributed by atoms with Crippen molar-refractivity contribution >= 4 is 29.5 Å². The number of hydrogen-bond donors (Lipinski definition) is 0. The molecule has 1 aromatic heterocycles. The van der Waals surface area contributed by atoms with Crippen molar-refractivity contribution in [1.82, 2.24) is 9.59 Å². The van der Waals surface area contributed by atoms with E-state index in [4.69, 9.17) is 9.47 Å². The molecular formula is C15H13N3O3S. The molecule has 1 aliphatic heterocycles. The second kappa shape index (κ2) is 6.07. The zero-order valence-electron chi connectivity index (χ0n) is 12.0. The van der Waals surface area contributed by atoms with Gasteiger partial charge in [0.1, 0.15) is 11.4 Å². The van der Waals surface area contributed by atoms with E-state index in [1.807, 2.05) is 26.0 Å². The fraction of sp³-hybridized carbons (Fsp3) is 0.200. The summed E-state index contributed by atoms with van der Waals surface area (Å²) < 4.78 is 14.5. The van der Waals surface area contributed by atoms with Crippen molar-refractivity contribution in [3.05, 3.63) is 46.6 Å². The summed E-state index contributed by atoms with van der Waals surface area (Å²) in [4.78, 5) is 16.0. The van der Waals surface area contributed by atoms with Gasteiger partial charge in [-0.2, -0.15) is 0 Å². The molecule has 7 heteroatoms. The molecule has 0 amide bonds. The third kappa shape index (κ3) is 3.20. The van der Waals surface area contributed by atoms with Crippen LogP contribution in [-0.4, -0.2) is 27.6 Å². The molecule has 112 valence electrons. The third-order valence-corrected chi connectivity index (χ3v) is 3.28. The minimum absolute atomic E-state index is 0.105. The Balaban J connectivity index is 1.82. The number of nitrogens with zero attached hydrogens (tertiary/aromatic N) is 3. The molecule has 0 saturated carbocycles. The summed E-state index contributed by atoms with van der Waals surface area (Å²) >= 11 is 1.21. The Kier molecular flexibility index (Phi) is 3.97. The van der Waals surface area contributed by atoms with Crippen molar-refractivity contribution in [3.63, 3.8) is 0 Å².